The molecule has 10 aromatic rings. The third-order valence-electron chi connectivity index (χ3n) is 9.28. The van der Waals surface area contributed by atoms with Crippen LogP contribution in [-0.2, 0) is 7.05 Å². The number of thiophene rings is 1. The summed E-state index contributed by atoms with van der Waals surface area (Å²) in [5, 5.41) is 6.05. The molecule has 0 fully saturated rings. The Bertz CT molecular complexity index is 2840. The number of para-hydroxylation sites is 2. The molecule has 5 aromatic heterocycles. The van der Waals surface area contributed by atoms with Gasteiger partial charge in [0.25, 0.3) is 0 Å². The van der Waals surface area contributed by atoms with Gasteiger partial charge in [-0.3, -0.25) is 9.97 Å². The second-order valence-electron chi connectivity index (χ2n) is 11.8. The van der Waals surface area contributed by atoms with Gasteiger partial charge in [0, 0.05) is 72.7 Å². The average Bonchev–Trinajstić information content (AvgIpc) is 3.75. The van der Waals surface area contributed by atoms with E-state index in [0.29, 0.717) is 0 Å². The zero-order chi connectivity index (χ0) is 30.4. The molecule has 0 amide bonds. The Balaban J connectivity index is 1.12. The van der Waals surface area contributed by atoms with E-state index in [9.17, 15) is 0 Å². The SMILES string of the molecule is Cn1c2ccccc2c2cc(-c3cncc(-c4ccc5c(c4)c4ccccc4n5-c4ccc5sc6cccnc6c5c4)n3)ccc21. The second kappa shape index (κ2) is 9.57. The summed E-state index contributed by atoms with van der Waals surface area (Å²) in [6.45, 7) is 0. The van der Waals surface area contributed by atoms with Gasteiger partial charge in [-0.15, -0.1) is 11.3 Å². The summed E-state index contributed by atoms with van der Waals surface area (Å²) in [5.74, 6) is 0. The van der Waals surface area contributed by atoms with Gasteiger partial charge in [-0.2, -0.15) is 0 Å². The molecular weight excluding hydrogens is 583 g/mol. The summed E-state index contributed by atoms with van der Waals surface area (Å²) in [6.07, 6.45) is 5.60. The maximum Gasteiger partial charge on any atom is 0.0892 e. The van der Waals surface area contributed by atoms with Gasteiger partial charge in [0.15, 0.2) is 0 Å². The lowest BCUT2D eigenvalue weighted by molar-refractivity contribution is 1.01. The normalized spacial score (nSPS) is 12.0. The van der Waals surface area contributed by atoms with Crippen molar-refractivity contribution in [2.45, 2.75) is 0 Å². The highest BCUT2D eigenvalue weighted by Gasteiger charge is 2.16. The third kappa shape index (κ3) is 3.65. The lowest BCUT2D eigenvalue weighted by Gasteiger charge is -2.09. The average molecular weight is 608 g/mol. The van der Waals surface area contributed by atoms with Crippen molar-refractivity contribution in [2.75, 3.05) is 0 Å². The fraction of sp³-hybridized carbons (Fsp3) is 0.0250. The molecule has 216 valence electrons. The monoisotopic (exact) mass is 607 g/mol. The second-order valence-corrected chi connectivity index (χ2v) is 12.9. The highest BCUT2D eigenvalue weighted by molar-refractivity contribution is 7.25. The summed E-state index contributed by atoms with van der Waals surface area (Å²) in [5.41, 5.74) is 10.8. The minimum absolute atomic E-state index is 0.853. The quantitative estimate of drug-likeness (QED) is 0.201. The van der Waals surface area contributed by atoms with E-state index in [1.165, 1.54) is 52.9 Å². The van der Waals surface area contributed by atoms with Crippen LogP contribution in [0.4, 0.5) is 0 Å². The van der Waals surface area contributed by atoms with Gasteiger partial charge < -0.3 is 9.13 Å². The number of benzene rings is 5. The number of hydrogen-bond donors (Lipinski definition) is 0. The van der Waals surface area contributed by atoms with Crippen molar-refractivity contribution in [1.82, 2.24) is 24.1 Å². The molecule has 0 atom stereocenters. The maximum absolute atomic E-state index is 5.13. The van der Waals surface area contributed by atoms with Crippen LogP contribution in [0.3, 0.4) is 0 Å². The predicted molar refractivity (Wildman–Crippen MR) is 192 cm³/mol. The first-order valence-electron chi connectivity index (χ1n) is 15.3. The zero-order valence-corrected chi connectivity index (χ0v) is 25.7. The molecule has 5 aromatic carbocycles. The Labute approximate surface area is 267 Å². The molecule has 6 heteroatoms. The number of fused-ring (bicyclic) bond motifs is 9. The molecule has 0 aliphatic carbocycles. The fourth-order valence-electron chi connectivity index (χ4n) is 7.11. The Hall–Kier alpha value is -5.85. The molecule has 5 heterocycles. The summed E-state index contributed by atoms with van der Waals surface area (Å²) in [4.78, 5) is 14.5. The van der Waals surface area contributed by atoms with E-state index in [2.05, 4.69) is 130 Å². The summed E-state index contributed by atoms with van der Waals surface area (Å²) >= 11 is 1.79. The van der Waals surface area contributed by atoms with Crippen LogP contribution in [0.5, 0.6) is 0 Å². The highest BCUT2D eigenvalue weighted by atomic mass is 32.1. The van der Waals surface area contributed by atoms with E-state index >= 15 is 0 Å². The summed E-state index contributed by atoms with van der Waals surface area (Å²) in [7, 11) is 2.12. The van der Waals surface area contributed by atoms with Crippen LogP contribution in [0.1, 0.15) is 0 Å². The summed E-state index contributed by atoms with van der Waals surface area (Å²) < 4.78 is 7.07. The van der Waals surface area contributed by atoms with Crippen molar-refractivity contribution in [1.29, 1.82) is 0 Å². The molecule has 0 N–H and O–H groups in total. The van der Waals surface area contributed by atoms with E-state index < -0.39 is 0 Å². The molecule has 0 unspecified atom stereocenters. The molecule has 46 heavy (non-hydrogen) atoms. The van der Waals surface area contributed by atoms with Crippen LogP contribution < -0.4 is 0 Å². The van der Waals surface area contributed by atoms with Crippen molar-refractivity contribution in [2.24, 2.45) is 7.05 Å². The molecule has 0 aliphatic rings. The van der Waals surface area contributed by atoms with Crippen molar-refractivity contribution in [3.63, 3.8) is 0 Å². The Kier molecular flexibility index (Phi) is 5.30. The van der Waals surface area contributed by atoms with Crippen molar-refractivity contribution < 1.29 is 0 Å². The Morgan fingerprint density at radius 1 is 0.543 bits per heavy atom. The van der Waals surface area contributed by atoms with E-state index in [1.54, 1.807) is 11.3 Å². The van der Waals surface area contributed by atoms with E-state index in [-0.39, 0.29) is 0 Å². The standard InChI is InChI=1S/C40H25N5S/c1-44-34-9-4-2-7-27(34)29-19-24(12-15-35(29)44)32-22-41-23-33(43-32)25-13-16-37-30(20-25)28-8-3-5-10-36(28)45(37)26-14-17-38-31(21-26)40-39(46-38)11-6-18-42-40/h2-23H,1H3. The first kappa shape index (κ1) is 25.5. The van der Waals surface area contributed by atoms with Crippen LogP contribution in [0.15, 0.2) is 134 Å². The van der Waals surface area contributed by atoms with Crippen molar-refractivity contribution in [3.05, 3.63) is 134 Å². The fourth-order valence-corrected chi connectivity index (χ4v) is 8.15. The number of rotatable bonds is 3. The molecule has 0 spiro atoms. The first-order chi connectivity index (χ1) is 22.7. The first-order valence-corrected chi connectivity index (χ1v) is 16.1. The third-order valence-corrected chi connectivity index (χ3v) is 10.4. The van der Waals surface area contributed by atoms with E-state index in [1.807, 2.05) is 24.7 Å². The largest absolute Gasteiger partial charge is 0.344 e. The summed E-state index contributed by atoms with van der Waals surface area (Å²) in [6, 6.07) is 41.3. The molecule has 0 aliphatic heterocycles. The molecule has 0 saturated carbocycles. The van der Waals surface area contributed by atoms with Crippen LogP contribution >= 0.6 is 11.3 Å². The van der Waals surface area contributed by atoms with Gasteiger partial charge in [-0.1, -0.05) is 48.5 Å². The number of aryl methyl sites for hydroxylation is 1. The van der Waals surface area contributed by atoms with Gasteiger partial charge in [0.2, 0.25) is 0 Å². The zero-order valence-electron chi connectivity index (χ0n) is 24.8. The lowest BCUT2D eigenvalue weighted by atomic mass is 10.1. The molecule has 0 saturated heterocycles. The van der Waals surface area contributed by atoms with E-state index in [0.717, 1.165) is 39.2 Å². The van der Waals surface area contributed by atoms with Crippen LogP contribution in [0.25, 0.3) is 92.1 Å². The van der Waals surface area contributed by atoms with E-state index in [4.69, 9.17) is 9.97 Å². The van der Waals surface area contributed by atoms with Crippen molar-refractivity contribution in [3.8, 4) is 28.2 Å². The van der Waals surface area contributed by atoms with Crippen LogP contribution in [0.2, 0.25) is 0 Å². The number of nitrogens with zero attached hydrogens (tertiary/aromatic N) is 5. The topological polar surface area (TPSA) is 48.5 Å². The molecular formula is C40H25N5S. The minimum atomic E-state index is 0.853. The smallest absolute Gasteiger partial charge is 0.0892 e. The minimum Gasteiger partial charge on any atom is -0.344 e. The number of aromatic nitrogens is 5. The van der Waals surface area contributed by atoms with Gasteiger partial charge in [0.05, 0.1) is 45.0 Å². The molecule has 5 nitrogen and oxygen atoms in total. The lowest BCUT2D eigenvalue weighted by Crippen LogP contribution is -1.94. The number of hydrogen-bond acceptors (Lipinski definition) is 4. The molecule has 0 radical (unpaired) electrons. The van der Waals surface area contributed by atoms with Gasteiger partial charge >= 0.3 is 0 Å². The Morgan fingerprint density at radius 3 is 2.00 bits per heavy atom. The van der Waals surface area contributed by atoms with Crippen LogP contribution in [-0.4, -0.2) is 24.1 Å². The van der Waals surface area contributed by atoms with Crippen LogP contribution in [0, 0.1) is 0 Å². The molecule has 0 bridgehead atoms. The molecule has 10 rings (SSSR count). The van der Waals surface area contributed by atoms with Crippen molar-refractivity contribution >= 4 is 75.3 Å². The van der Waals surface area contributed by atoms with Gasteiger partial charge in [-0.05, 0) is 66.7 Å². The number of pyridine rings is 1. The van der Waals surface area contributed by atoms with Gasteiger partial charge in [0.1, 0.15) is 0 Å². The van der Waals surface area contributed by atoms with Gasteiger partial charge in [-0.25, -0.2) is 4.98 Å². The highest BCUT2D eigenvalue weighted by Crippen LogP contribution is 2.38. The predicted octanol–water partition coefficient (Wildman–Crippen LogP) is 10.3. The maximum atomic E-state index is 5.13. The Morgan fingerprint density at radius 2 is 1.20 bits per heavy atom.